The van der Waals surface area contributed by atoms with Crippen LogP contribution in [0.5, 0.6) is 5.75 Å². The van der Waals surface area contributed by atoms with E-state index in [1.54, 1.807) is 6.08 Å². The van der Waals surface area contributed by atoms with E-state index in [0.717, 1.165) is 25.0 Å². The molecule has 0 amide bonds. The molecule has 190 valence electrons. The molecular formula is C25H35F3O4SSi. The minimum Gasteiger partial charge on any atom is -0.543 e. The largest absolute Gasteiger partial charge is 0.543 e. The van der Waals surface area contributed by atoms with Crippen LogP contribution in [-0.2, 0) is 20.7 Å². The Morgan fingerprint density at radius 3 is 2.41 bits per heavy atom. The summed E-state index contributed by atoms with van der Waals surface area (Å²) in [5.41, 5.74) is -3.52. The molecule has 1 aromatic carbocycles. The molecule has 1 aromatic rings. The fraction of sp³-hybridized carbons (Fsp3) is 0.680. The van der Waals surface area contributed by atoms with Crippen molar-refractivity contribution in [2.24, 2.45) is 17.3 Å². The lowest BCUT2D eigenvalue weighted by atomic mass is 9.55. The first-order valence-electron chi connectivity index (χ1n) is 12.0. The monoisotopic (exact) mass is 516 g/mol. The van der Waals surface area contributed by atoms with Crippen LogP contribution in [0.1, 0.15) is 70.4 Å². The molecule has 3 aliphatic rings. The van der Waals surface area contributed by atoms with Crippen molar-refractivity contribution >= 4 is 18.4 Å². The number of benzene rings is 1. The molecule has 0 unspecified atom stereocenters. The van der Waals surface area contributed by atoms with E-state index in [4.69, 9.17) is 4.43 Å². The summed E-state index contributed by atoms with van der Waals surface area (Å²) in [6.07, 6.45) is 5.31. The first kappa shape index (κ1) is 25.6. The van der Waals surface area contributed by atoms with Gasteiger partial charge in [0.25, 0.3) is 0 Å². The number of alkyl halides is 3. The van der Waals surface area contributed by atoms with E-state index in [1.807, 2.05) is 6.92 Å². The summed E-state index contributed by atoms with van der Waals surface area (Å²) in [6, 6.07) is 6.41. The predicted octanol–water partition coefficient (Wildman–Crippen LogP) is 7.29. The Kier molecular flexibility index (Phi) is 6.04. The molecule has 0 aliphatic heterocycles. The molecule has 0 spiro atoms. The van der Waals surface area contributed by atoms with Crippen LogP contribution in [0.4, 0.5) is 13.2 Å². The molecule has 4 nitrogen and oxygen atoms in total. The number of aryl methyl sites for hydroxylation is 1. The van der Waals surface area contributed by atoms with Gasteiger partial charge in [-0.1, -0.05) is 33.8 Å². The minimum atomic E-state index is -5.66. The maximum Gasteiger partial charge on any atom is 0.534 e. The van der Waals surface area contributed by atoms with Gasteiger partial charge in [0.1, 0.15) is 11.5 Å². The van der Waals surface area contributed by atoms with Crippen molar-refractivity contribution in [3.05, 3.63) is 41.2 Å². The Morgan fingerprint density at radius 2 is 1.79 bits per heavy atom. The highest BCUT2D eigenvalue weighted by Crippen LogP contribution is 2.61. The van der Waals surface area contributed by atoms with E-state index in [-0.39, 0.29) is 22.6 Å². The molecule has 0 radical (unpaired) electrons. The van der Waals surface area contributed by atoms with Crippen molar-refractivity contribution in [3.8, 4) is 5.75 Å². The van der Waals surface area contributed by atoms with E-state index < -0.39 is 29.4 Å². The zero-order chi connectivity index (χ0) is 25.3. The highest BCUT2D eigenvalue weighted by molar-refractivity contribution is 7.87. The first-order chi connectivity index (χ1) is 15.5. The van der Waals surface area contributed by atoms with Crippen molar-refractivity contribution < 1.29 is 30.2 Å². The van der Waals surface area contributed by atoms with Gasteiger partial charge in [-0.05, 0) is 97.3 Å². The third kappa shape index (κ3) is 4.20. The van der Waals surface area contributed by atoms with Crippen LogP contribution in [0.15, 0.2) is 30.0 Å². The molecule has 3 aliphatic carbocycles. The predicted molar refractivity (Wildman–Crippen MR) is 128 cm³/mol. The van der Waals surface area contributed by atoms with Crippen molar-refractivity contribution in [2.45, 2.75) is 89.4 Å². The number of allylic oxidation sites excluding steroid dienone is 2. The molecule has 0 bridgehead atoms. The molecule has 0 heterocycles. The topological polar surface area (TPSA) is 52.6 Å². The van der Waals surface area contributed by atoms with E-state index in [1.165, 1.54) is 11.1 Å². The van der Waals surface area contributed by atoms with Gasteiger partial charge in [-0.25, -0.2) is 0 Å². The van der Waals surface area contributed by atoms with Gasteiger partial charge in [0.15, 0.2) is 0 Å². The van der Waals surface area contributed by atoms with E-state index in [9.17, 15) is 21.6 Å². The highest BCUT2D eigenvalue weighted by atomic mass is 32.2. The average Bonchev–Trinajstić information content (AvgIpc) is 3.01. The van der Waals surface area contributed by atoms with Crippen LogP contribution in [0.2, 0.25) is 18.1 Å². The smallest absolute Gasteiger partial charge is 0.534 e. The Labute approximate surface area is 202 Å². The van der Waals surface area contributed by atoms with Gasteiger partial charge >= 0.3 is 15.6 Å². The molecule has 1 fully saturated rings. The number of halogens is 3. The van der Waals surface area contributed by atoms with Gasteiger partial charge in [-0.3, -0.25) is 0 Å². The summed E-state index contributed by atoms with van der Waals surface area (Å²) >= 11 is 0. The van der Waals surface area contributed by atoms with Gasteiger partial charge in [-0.2, -0.15) is 21.6 Å². The summed E-state index contributed by atoms with van der Waals surface area (Å²) < 4.78 is 73.3. The van der Waals surface area contributed by atoms with Gasteiger partial charge in [-0.15, -0.1) is 0 Å². The fourth-order valence-corrected chi connectivity index (χ4v) is 7.50. The second-order valence-electron chi connectivity index (χ2n) is 11.9. The number of rotatable bonds is 4. The Bertz CT molecular complexity index is 1100. The molecule has 4 atom stereocenters. The van der Waals surface area contributed by atoms with E-state index in [2.05, 4.69) is 56.2 Å². The van der Waals surface area contributed by atoms with Crippen molar-refractivity contribution in [2.75, 3.05) is 0 Å². The van der Waals surface area contributed by atoms with Gasteiger partial charge in [0, 0.05) is 5.41 Å². The zero-order valence-electron chi connectivity index (χ0n) is 20.8. The Morgan fingerprint density at radius 1 is 1.12 bits per heavy atom. The molecule has 0 N–H and O–H groups in total. The number of hydrogen-bond donors (Lipinski definition) is 0. The molecule has 4 rings (SSSR count). The van der Waals surface area contributed by atoms with E-state index >= 15 is 0 Å². The maximum absolute atomic E-state index is 12.9. The molecule has 1 saturated carbocycles. The number of fused-ring (bicyclic) bond motifs is 5. The van der Waals surface area contributed by atoms with Crippen molar-refractivity contribution in [1.82, 2.24) is 0 Å². The summed E-state index contributed by atoms with van der Waals surface area (Å²) in [7, 11) is -7.60. The summed E-state index contributed by atoms with van der Waals surface area (Å²) in [6.45, 7) is 13.0. The second kappa shape index (κ2) is 8.01. The van der Waals surface area contributed by atoms with E-state index in [0.29, 0.717) is 18.8 Å². The van der Waals surface area contributed by atoms with Crippen LogP contribution >= 0.6 is 0 Å². The SMILES string of the molecule is CC(C)(C)[Si](C)(C)Oc1ccc2c(c1)CC[C@@H]1[C@@H]2CC[C@]2(C)C(OS(=O)(=O)C(F)(F)F)=CC[C@@H]12. The quantitative estimate of drug-likeness (QED) is 0.240. The molecule has 9 heteroatoms. The summed E-state index contributed by atoms with van der Waals surface area (Å²) in [4.78, 5) is 0. The third-order valence-corrected chi connectivity index (χ3v) is 14.2. The summed E-state index contributed by atoms with van der Waals surface area (Å²) in [5.74, 6) is 1.55. The highest BCUT2D eigenvalue weighted by Gasteiger charge is 2.56. The van der Waals surface area contributed by atoms with Gasteiger partial charge < -0.3 is 8.61 Å². The third-order valence-electron chi connectivity index (χ3n) is 8.87. The normalized spacial score (nSPS) is 29.6. The molecule has 0 saturated heterocycles. The van der Waals surface area contributed by atoms with Crippen LogP contribution in [-0.4, -0.2) is 22.2 Å². The second-order valence-corrected chi connectivity index (χ2v) is 18.1. The zero-order valence-corrected chi connectivity index (χ0v) is 22.6. The molecule has 0 aromatic heterocycles. The van der Waals surface area contributed by atoms with Gasteiger partial charge in [0.05, 0.1) is 0 Å². The molecular weight excluding hydrogens is 481 g/mol. The van der Waals surface area contributed by atoms with Crippen molar-refractivity contribution in [3.63, 3.8) is 0 Å². The fourth-order valence-electron chi connectivity index (χ4n) is 5.89. The maximum atomic E-state index is 12.9. The minimum absolute atomic E-state index is 0.0304. The summed E-state index contributed by atoms with van der Waals surface area (Å²) in [5, 5.41) is 0.108. The average molecular weight is 517 g/mol. The Balaban J connectivity index is 1.54. The molecule has 34 heavy (non-hydrogen) atoms. The van der Waals surface area contributed by atoms with Crippen LogP contribution in [0.25, 0.3) is 0 Å². The lowest BCUT2D eigenvalue weighted by Gasteiger charge is -2.49. The lowest BCUT2D eigenvalue weighted by molar-refractivity contribution is -0.0544. The van der Waals surface area contributed by atoms with Gasteiger partial charge in [0.2, 0.25) is 8.32 Å². The standard InChI is InChI=1S/C25H35F3O4SSi/c1-23(2,3)34(5,6)32-17-8-10-18-16(15-17)7-9-20-19(18)13-14-24(4)21(20)11-12-22(24)31-33(29,30)25(26,27)28/h8,10,12,15,19-21H,7,9,11,13-14H2,1-6H3/t19-,20-,21+,24+/m1/s1. The van der Waals surface area contributed by atoms with Crippen molar-refractivity contribution in [1.29, 1.82) is 0 Å². The lowest BCUT2D eigenvalue weighted by Crippen LogP contribution is -2.44. The Hall–Kier alpha value is -1.48. The van der Waals surface area contributed by atoms with Crippen LogP contribution < -0.4 is 4.43 Å². The van der Waals surface area contributed by atoms with Crippen LogP contribution in [0.3, 0.4) is 0 Å². The number of hydrogen-bond acceptors (Lipinski definition) is 4. The van der Waals surface area contributed by atoms with Crippen LogP contribution in [0, 0.1) is 17.3 Å². The first-order valence-corrected chi connectivity index (χ1v) is 16.3.